The van der Waals surface area contributed by atoms with E-state index in [1.807, 2.05) is 0 Å². The maximum absolute atomic E-state index is 10.9. The fraction of sp³-hybridized carbons (Fsp3) is 0.429. The first-order chi connectivity index (χ1) is 6.84. The van der Waals surface area contributed by atoms with Crippen molar-refractivity contribution in [2.45, 2.75) is 13.0 Å². The molecule has 0 heterocycles. The van der Waals surface area contributed by atoms with Gasteiger partial charge in [-0.2, -0.15) is 0 Å². The summed E-state index contributed by atoms with van der Waals surface area (Å²) in [7, 11) is 0. The predicted molar refractivity (Wildman–Crippen MR) is 40.6 cm³/mol. The fourth-order valence-corrected chi connectivity index (χ4v) is 0.631. The molecule has 0 radical (unpaired) electrons. The van der Waals surface area contributed by atoms with Crippen molar-refractivity contribution in [1.29, 1.82) is 0 Å². The van der Waals surface area contributed by atoms with E-state index < -0.39 is 36.3 Å². The fourth-order valence-electron chi connectivity index (χ4n) is 0.631. The van der Waals surface area contributed by atoms with Crippen LogP contribution < -0.4 is 80.0 Å². The van der Waals surface area contributed by atoms with Crippen molar-refractivity contribution in [3.05, 3.63) is 0 Å². The van der Waals surface area contributed by atoms with E-state index in [1.54, 1.807) is 5.32 Å². The Hall–Kier alpha value is -0.120. The van der Waals surface area contributed by atoms with Crippen LogP contribution in [0.25, 0.3) is 0 Å². The number of rotatable bonds is 5. The average molecular weight is 262 g/mol. The molecule has 2 amide bonds. The van der Waals surface area contributed by atoms with E-state index >= 15 is 0 Å². The van der Waals surface area contributed by atoms with E-state index in [2.05, 4.69) is 5.32 Å². The van der Waals surface area contributed by atoms with Gasteiger partial charge in [-0.05, 0) is 0 Å². The number of carbonyl (C=O) groups is 4. The minimum atomic E-state index is -2.23. The smallest absolute Gasteiger partial charge is 0.547 e. The number of hydrogen-bond donors (Lipinski definition) is 2. The molecule has 0 atom stereocenters. The van der Waals surface area contributed by atoms with Crippen LogP contribution in [0, 0.1) is 0 Å². The van der Waals surface area contributed by atoms with Crippen LogP contribution in [-0.2, 0) is 19.2 Å². The molecule has 17 heavy (non-hydrogen) atoms. The summed E-state index contributed by atoms with van der Waals surface area (Å²) in [5, 5.41) is 24.0. The third-order valence-corrected chi connectivity index (χ3v) is 1.27. The summed E-state index contributed by atoms with van der Waals surface area (Å²) >= 11 is 0. The molecule has 0 aliphatic rings. The van der Waals surface area contributed by atoms with Crippen molar-refractivity contribution in [3.8, 4) is 0 Å². The van der Waals surface area contributed by atoms with Gasteiger partial charge in [0.05, 0.1) is 18.5 Å². The zero-order chi connectivity index (χ0) is 12.0. The largest absolute Gasteiger partial charge is 1.00 e. The van der Waals surface area contributed by atoms with Gasteiger partial charge in [-0.3, -0.25) is 9.59 Å². The second-order valence-electron chi connectivity index (χ2n) is 2.55. The van der Waals surface area contributed by atoms with E-state index in [1.165, 1.54) is 0 Å². The van der Waals surface area contributed by atoms with E-state index in [9.17, 15) is 29.4 Å². The molecule has 0 saturated carbocycles. The number of aliphatic carboxylic acids is 2. The Bertz CT molecular complexity index is 295. The molecular weight excluding hydrogens is 254 g/mol. The summed E-state index contributed by atoms with van der Waals surface area (Å²) in [4.78, 5) is 41.6. The van der Waals surface area contributed by atoms with Crippen molar-refractivity contribution < 1.29 is 88.5 Å². The van der Waals surface area contributed by atoms with Crippen molar-refractivity contribution >= 4 is 23.8 Å². The van der Waals surface area contributed by atoms with Gasteiger partial charge in [-0.1, -0.05) is 0 Å². The second-order valence-corrected chi connectivity index (χ2v) is 2.55. The van der Waals surface area contributed by atoms with E-state index in [0.29, 0.717) is 0 Å². The van der Waals surface area contributed by atoms with Gasteiger partial charge in [0.2, 0.25) is 11.8 Å². The van der Waals surface area contributed by atoms with Crippen molar-refractivity contribution in [1.82, 2.24) is 10.6 Å². The van der Waals surface area contributed by atoms with E-state index in [0.717, 1.165) is 6.92 Å². The Kier molecular flexibility index (Phi) is 14.3. The molecule has 0 aromatic heterocycles. The topological polar surface area (TPSA) is 138 Å². The second kappa shape index (κ2) is 11.0. The number of carboxylic acid groups (broad SMARTS) is 2. The first-order valence-corrected chi connectivity index (χ1v) is 3.80. The van der Waals surface area contributed by atoms with Gasteiger partial charge < -0.3 is 30.4 Å². The van der Waals surface area contributed by atoms with Crippen molar-refractivity contribution in [2.24, 2.45) is 0 Å². The molecule has 2 N–H and O–H groups in total. The summed E-state index contributed by atoms with van der Waals surface area (Å²) in [6.07, 6.45) is 0. The first-order valence-electron chi connectivity index (χ1n) is 3.80. The SMILES string of the molecule is CC(=O)NCC(=O)NC(C(=O)[O-])C(=O)[O-].[Na+].[Na+]. The molecule has 0 aliphatic carbocycles. The van der Waals surface area contributed by atoms with Crippen LogP contribution in [0.1, 0.15) is 6.92 Å². The first kappa shape index (κ1) is 22.1. The summed E-state index contributed by atoms with van der Waals surface area (Å²) in [6.45, 7) is 0.620. The van der Waals surface area contributed by atoms with Crippen LogP contribution in [0.3, 0.4) is 0 Å². The van der Waals surface area contributed by atoms with Crippen LogP contribution in [-0.4, -0.2) is 36.3 Å². The normalized spacial score (nSPS) is 8.35. The summed E-state index contributed by atoms with van der Waals surface area (Å²) < 4.78 is 0. The standard InChI is InChI=1S/C7H10N2O6.2Na/c1-3(10)8-2-4(11)9-5(6(12)13)7(14)15;;/h5H,2H2,1H3,(H,8,10)(H,9,11)(H,12,13)(H,14,15);;/q;2*+1/p-2. The molecule has 0 bridgehead atoms. The van der Waals surface area contributed by atoms with Gasteiger partial charge in [0, 0.05) is 6.92 Å². The minimum absolute atomic E-state index is 0. The van der Waals surface area contributed by atoms with E-state index in [-0.39, 0.29) is 59.1 Å². The van der Waals surface area contributed by atoms with Crippen LogP contribution in [0.4, 0.5) is 0 Å². The zero-order valence-corrected chi connectivity index (χ0v) is 13.7. The molecular formula is C7H8N2Na2O6. The molecule has 8 nitrogen and oxygen atoms in total. The van der Waals surface area contributed by atoms with Crippen molar-refractivity contribution in [2.75, 3.05) is 6.54 Å². The number of carboxylic acids is 2. The molecule has 0 rings (SSSR count). The van der Waals surface area contributed by atoms with Gasteiger partial charge in [0.1, 0.15) is 6.04 Å². The average Bonchev–Trinajstić information content (AvgIpc) is 2.09. The third kappa shape index (κ3) is 10.7. The predicted octanol–water partition coefficient (Wildman–Crippen LogP) is -10.9. The quantitative estimate of drug-likeness (QED) is 0.372. The Morgan fingerprint density at radius 2 is 1.47 bits per heavy atom. The number of carbonyl (C=O) groups excluding carboxylic acids is 4. The Balaban J connectivity index is -0.000000980. The molecule has 0 aromatic carbocycles. The molecule has 0 unspecified atom stereocenters. The zero-order valence-electron chi connectivity index (χ0n) is 9.73. The van der Waals surface area contributed by atoms with Crippen LogP contribution in [0.15, 0.2) is 0 Å². The van der Waals surface area contributed by atoms with Crippen molar-refractivity contribution in [3.63, 3.8) is 0 Å². The third-order valence-electron chi connectivity index (χ3n) is 1.27. The van der Waals surface area contributed by atoms with Gasteiger partial charge in [-0.15, -0.1) is 0 Å². The number of nitrogens with one attached hydrogen (secondary N) is 2. The number of amides is 2. The molecule has 0 spiro atoms. The van der Waals surface area contributed by atoms with Gasteiger partial charge >= 0.3 is 59.1 Å². The summed E-state index contributed by atoms with van der Waals surface area (Å²) in [5.41, 5.74) is 0. The summed E-state index contributed by atoms with van der Waals surface area (Å²) in [6, 6.07) is -2.23. The van der Waals surface area contributed by atoms with E-state index in [4.69, 9.17) is 0 Å². The molecule has 10 heteroatoms. The van der Waals surface area contributed by atoms with Crippen LogP contribution >= 0.6 is 0 Å². The summed E-state index contributed by atoms with van der Waals surface area (Å²) in [5.74, 6) is -5.47. The Labute approximate surface area is 141 Å². The Morgan fingerprint density at radius 1 is 1.06 bits per heavy atom. The van der Waals surface area contributed by atoms with Gasteiger partial charge in [0.25, 0.3) is 0 Å². The minimum Gasteiger partial charge on any atom is -0.547 e. The van der Waals surface area contributed by atoms with Crippen LogP contribution in [0.2, 0.25) is 0 Å². The van der Waals surface area contributed by atoms with Crippen LogP contribution in [0.5, 0.6) is 0 Å². The molecule has 0 aliphatic heterocycles. The molecule has 0 aromatic rings. The molecule has 0 fully saturated rings. The molecule has 84 valence electrons. The monoisotopic (exact) mass is 262 g/mol. The van der Waals surface area contributed by atoms with Gasteiger partial charge in [0.15, 0.2) is 0 Å². The number of hydrogen-bond acceptors (Lipinski definition) is 6. The van der Waals surface area contributed by atoms with Gasteiger partial charge in [-0.25, -0.2) is 0 Å². The maximum atomic E-state index is 10.9. The maximum Gasteiger partial charge on any atom is 1.00 e. The Morgan fingerprint density at radius 3 is 1.76 bits per heavy atom. The molecule has 0 saturated heterocycles.